The van der Waals surface area contributed by atoms with E-state index in [4.69, 9.17) is 9.26 Å². The van der Waals surface area contributed by atoms with Gasteiger partial charge in [-0.3, -0.25) is 0 Å². The van der Waals surface area contributed by atoms with Gasteiger partial charge in [-0.25, -0.2) is 4.79 Å². The number of nitrogens with zero attached hydrogens (tertiary/aromatic N) is 2. The maximum absolute atomic E-state index is 12.1. The Hall–Kier alpha value is -2.30. The molecule has 2 aromatic rings. The molecular formula is C15H16N2O3. The predicted octanol–water partition coefficient (Wildman–Crippen LogP) is 2.68. The van der Waals surface area contributed by atoms with Crippen molar-refractivity contribution < 1.29 is 14.1 Å². The second-order valence-electron chi connectivity index (χ2n) is 4.94. The van der Waals surface area contributed by atoms with E-state index < -0.39 is 0 Å². The van der Waals surface area contributed by atoms with Gasteiger partial charge in [-0.15, -0.1) is 0 Å². The van der Waals surface area contributed by atoms with Gasteiger partial charge in [0.25, 0.3) is 0 Å². The number of hydrogen-bond acceptors (Lipinski definition) is 4. The summed E-state index contributed by atoms with van der Waals surface area (Å²) < 4.78 is 10.1. The Labute approximate surface area is 117 Å². The van der Waals surface area contributed by atoms with Crippen LogP contribution in [0.5, 0.6) is 0 Å². The number of carbonyl (C=O) groups is 1. The summed E-state index contributed by atoms with van der Waals surface area (Å²) in [5, 5.41) is 3.80. The Morgan fingerprint density at radius 2 is 2.20 bits per heavy atom. The largest absolute Gasteiger partial charge is 0.443 e. The highest BCUT2D eigenvalue weighted by Gasteiger charge is 2.21. The third kappa shape index (κ3) is 2.52. The second kappa shape index (κ2) is 5.36. The van der Waals surface area contributed by atoms with Gasteiger partial charge in [-0.1, -0.05) is 29.4 Å². The molecule has 0 aliphatic carbocycles. The average Bonchev–Trinajstić information content (AvgIpc) is 2.89. The van der Waals surface area contributed by atoms with E-state index in [1.165, 1.54) is 11.1 Å². The van der Waals surface area contributed by atoms with Crippen LogP contribution >= 0.6 is 0 Å². The van der Waals surface area contributed by atoms with Gasteiger partial charge in [-0.2, -0.15) is 0 Å². The van der Waals surface area contributed by atoms with Crippen molar-refractivity contribution in [1.82, 2.24) is 10.1 Å². The summed E-state index contributed by atoms with van der Waals surface area (Å²) >= 11 is 0. The number of amides is 1. The molecule has 3 rings (SSSR count). The van der Waals surface area contributed by atoms with Crippen molar-refractivity contribution in [2.75, 3.05) is 6.54 Å². The fourth-order valence-electron chi connectivity index (χ4n) is 2.32. The van der Waals surface area contributed by atoms with Crippen LogP contribution in [0.2, 0.25) is 0 Å². The van der Waals surface area contributed by atoms with Crippen molar-refractivity contribution in [3.8, 4) is 0 Å². The first-order chi connectivity index (χ1) is 9.74. The molecule has 0 saturated heterocycles. The monoisotopic (exact) mass is 272 g/mol. The molecule has 2 heterocycles. The standard InChI is InChI=1S/C15H16N2O3/c1-11-9-20-16-14(11)10-19-15(18)17-7-6-12-4-2-3-5-13(12)8-17/h2-5,9H,6-8,10H2,1H3. The molecule has 0 atom stereocenters. The smallest absolute Gasteiger partial charge is 0.410 e. The molecule has 0 fully saturated rings. The normalized spacial score (nSPS) is 13.9. The highest BCUT2D eigenvalue weighted by molar-refractivity contribution is 5.68. The van der Waals surface area contributed by atoms with Crippen molar-refractivity contribution >= 4 is 6.09 Å². The molecule has 20 heavy (non-hydrogen) atoms. The number of benzene rings is 1. The fourth-order valence-corrected chi connectivity index (χ4v) is 2.32. The first kappa shape index (κ1) is 12.7. The molecule has 1 aliphatic heterocycles. The van der Waals surface area contributed by atoms with Crippen LogP contribution < -0.4 is 0 Å². The number of aryl methyl sites for hydroxylation is 1. The van der Waals surface area contributed by atoms with E-state index in [1.54, 1.807) is 11.2 Å². The molecule has 0 N–H and O–H groups in total. The average molecular weight is 272 g/mol. The molecule has 1 amide bonds. The van der Waals surface area contributed by atoms with Crippen molar-refractivity contribution in [3.63, 3.8) is 0 Å². The van der Waals surface area contributed by atoms with Gasteiger partial charge in [0.05, 0.1) is 0 Å². The lowest BCUT2D eigenvalue weighted by Gasteiger charge is -2.27. The quantitative estimate of drug-likeness (QED) is 0.843. The fraction of sp³-hybridized carbons (Fsp3) is 0.333. The van der Waals surface area contributed by atoms with Gasteiger partial charge in [-0.05, 0) is 24.5 Å². The van der Waals surface area contributed by atoms with Crippen LogP contribution in [-0.2, 0) is 24.3 Å². The maximum atomic E-state index is 12.1. The predicted molar refractivity (Wildman–Crippen MR) is 72.0 cm³/mol. The van der Waals surface area contributed by atoms with Crippen LogP contribution in [0, 0.1) is 6.92 Å². The lowest BCUT2D eigenvalue weighted by molar-refractivity contribution is 0.0898. The second-order valence-corrected chi connectivity index (χ2v) is 4.94. The van der Waals surface area contributed by atoms with Crippen molar-refractivity contribution in [1.29, 1.82) is 0 Å². The third-order valence-electron chi connectivity index (χ3n) is 3.57. The molecule has 0 radical (unpaired) electrons. The minimum atomic E-state index is -0.304. The summed E-state index contributed by atoms with van der Waals surface area (Å²) in [6.07, 6.45) is 2.11. The first-order valence-corrected chi connectivity index (χ1v) is 6.62. The SMILES string of the molecule is Cc1conc1COC(=O)N1CCc2ccccc2C1. The molecule has 5 heteroatoms. The molecule has 0 spiro atoms. The van der Waals surface area contributed by atoms with Crippen LogP contribution in [0.15, 0.2) is 35.1 Å². The molecule has 1 aromatic heterocycles. The molecular weight excluding hydrogens is 256 g/mol. The van der Waals surface area contributed by atoms with E-state index in [0.29, 0.717) is 18.8 Å². The summed E-state index contributed by atoms with van der Waals surface area (Å²) in [7, 11) is 0. The van der Waals surface area contributed by atoms with Crippen LogP contribution in [0.3, 0.4) is 0 Å². The van der Waals surface area contributed by atoms with E-state index in [0.717, 1.165) is 12.0 Å². The van der Waals surface area contributed by atoms with Gasteiger partial charge in [0.1, 0.15) is 18.6 Å². The van der Waals surface area contributed by atoms with E-state index >= 15 is 0 Å². The van der Waals surface area contributed by atoms with Crippen LogP contribution in [-0.4, -0.2) is 22.7 Å². The molecule has 0 unspecified atom stereocenters. The lowest BCUT2D eigenvalue weighted by atomic mass is 10.0. The summed E-state index contributed by atoms with van der Waals surface area (Å²) in [6, 6.07) is 8.18. The van der Waals surface area contributed by atoms with Crippen molar-refractivity contribution in [3.05, 3.63) is 52.9 Å². The summed E-state index contributed by atoms with van der Waals surface area (Å²) in [5.74, 6) is 0. The maximum Gasteiger partial charge on any atom is 0.410 e. The number of ether oxygens (including phenoxy) is 1. The molecule has 1 aliphatic rings. The molecule has 1 aromatic carbocycles. The molecule has 5 nitrogen and oxygen atoms in total. The van der Waals surface area contributed by atoms with Gasteiger partial charge >= 0.3 is 6.09 Å². The minimum absolute atomic E-state index is 0.152. The molecule has 104 valence electrons. The zero-order valence-electron chi connectivity index (χ0n) is 11.3. The summed E-state index contributed by atoms with van der Waals surface area (Å²) in [5.41, 5.74) is 4.05. The Balaban J connectivity index is 1.60. The Morgan fingerprint density at radius 3 is 2.95 bits per heavy atom. The lowest BCUT2D eigenvalue weighted by Crippen LogP contribution is -2.36. The van der Waals surface area contributed by atoms with E-state index in [-0.39, 0.29) is 12.7 Å². The molecule has 0 saturated carbocycles. The Bertz CT molecular complexity index is 621. The van der Waals surface area contributed by atoms with E-state index in [1.807, 2.05) is 19.1 Å². The van der Waals surface area contributed by atoms with Crippen LogP contribution in [0.1, 0.15) is 22.4 Å². The van der Waals surface area contributed by atoms with E-state index in [2.05, 4.69) is 17.3 Å². The van der Waals surface area contributed by atoms with Gasteiger partial charge in [0.2, 0.25) is 0 Å². The van der Waals surface area contributed by atoms with E-state index in [9.17, 15) is 4.79 Å². The topological polar surface area (TPSA) is 55.6 Å². The summed E-state index contributed by atoms with van der Waals surface area (Å²) in [6.45, 7) is 3.32. The Morgan fingerprint density at radius 1 is 1.40 bits per heavy atom. The van der Waals surface area contributed by atoms with Crippen LogP contribution in [0.25, 0.3) is 0 Å². The van der Waals surface area contributed by atoms with Crippen molar-refractivity contribution in [2.45, 2.75) is 26.5 Å². The number of aromatic nitrogens is 1. The highest BCUT2D eigenvalue weighted by Crippen LogP contribution is 2.19. The third-order valence-corrected chi connectivity index (χ3v) is 3.57. The van der Waals surface area contributed by atoms with Gasteiger partial charge < -0.3 is 14.2 Å². The number of carbonyl (C=O) groups excluding carboxylic acids is 1. The van der Waals surface area contributed by atoms with Gasteiger partial charge in [0, 0.05) is 18.7 Å². The number of rotatable bonds is 2. The van der Waals surface area contributed by atoms with Gasteiger partial charge in [0.15, 0.2) is 0 Å². The zero-order valence-corrected chi connectivity index (χ0v) is 11.3. The molecule has 0 bridgehead atoms. The highest BCUT2D eigenvalue weighted by atomic mass is 16.6. The van der Waals surface area contributed by atoms with Crippen molar-refractivity contribution in [2.24, 2.45) is 0 Å². The summed E-state index contributed by atoms with van der Waals surface area (Å²) in [4.78, 5) is 13.8. The zero-order chi connectivity index (χ0) is 13.9. The number of hydrogen-bond donors (Lipinski definition) is 0. The first-order valence-electron chi connectivity index (χ1n) is 6.62. The number of fused-ring (bicyclic) bond motifs is 1. The van der Waals surface area contributed by atoms with Crippen LogP contribution in [0.4, 0.5) is 4.79 Å². The minimum Gasteiger partial charge on any atom is -0.443 e. The Kier molecular flexibility index (Phi) is 3.41.